The van der Waals surface area contributed by atoms with Crippen molar-refractivity contribution in [1.82, 2.24) is 5.32 Å². The van der Waals surface area contributed by atoms with Gasteiger partial charge in [-0.1, -0.05) is 42.0 Å². The Morgan fingerprint density at radius 2 is 1.91 bits per heavy atom. The molecule has 0 saturated heterocycles. The molecule has 3 N–H and O–H groups in total. The molecule has 0 aliphatic carbocycles. The molecule has 1 aliphatic heterocycles. The molecule has 6 heteroatoms. The topological polar surface area (TPSA) is 90.6 Å². The largest absolute Gasteiger partial charge is 0.493 e. The van der Waals surface area contributed by atoms with Crippen molar-refractivity contribution >= 4 is 11.8 Å². The van der Waals surface area contributed by atoms with Crippen LogP contribution in [0.25, 0.3) is 0 Å². The van der Waals surface area contributed by atoms with Crippen molar-refractivity contribution in [3.05, 3.63) is 94.0 Å². The van der Waals surface area contributed by atoms with Gasteiger partial charge in [-0.05, 0) is 49.2 Å². The molecule has 1 heterocycles. The van der Waals surface area contributed by atoms with E-state index < -0.39 is 5.91 Å². The van der Waals surface area contributed by atoms with Crippen LogP contribution < -0.4 is 20.5 Å². The third kappa shape index (κ3) is 4.59. The average molecular weight is 431 g/mol. The molecule has 0 fully saturated rings. The monoisotopic (exact) mass is 430 g/mol. The van der Waals surface area contributed by atoms with Gasteiger partial charge in [-0.25, -0.2) is 0 Å². The van der Waals surface area contributed by atoms with Crippen LogP contribution in [-0.4, -0.2) is 18.4 Å². The first-order valence-corrected chi connectivity index (χ1v) is 10.6. The summed E-state index contributed by atoms with van der Waals surface area (Å²) in [7, 11) is 0. The minimum atomic E-state index is -0.545. The summed E-state index contributed by atoms with van der Waals surface area (Å²) >= 11 is 0. The summed E-state index contributed by atoms with van der Waals surface area (Å²) in [5.74, 6) is 0.583. The molecule has 2 amide bonds. The lowest BCUT2D eigenvalue weighted by Gasteiger charge is -2.28. The van der Waals surface area contributed by atoms with E-state index in [4.69, 9.17) is 15.2 Å². The van der Waals surface area contributed by atoms with Gasteiger partial charge in [0.25, 0.3) is 11.8 Å². The van der Waals surface area contributed by atoms with E-state index in [2.05, 4.69) is 17.4 Å². The molecular formula is C26H26N2O4. The fourth-order valence-electron chi connectivity index (χ4n) is 4.03. The molecule has 1 unspecified atom stereocenters. The highest BCUT2D eigenvalue weighted by atomic mass is 16.5. The standard InChI is InChI=1S/C26H26N2O4/c1-16-12-17(2)24-21(13-16)22(10-11-31-24)28-26(30)19-7-5-6-18(14-19)15-32-23-9-4-3-8-20(23)25(27)29/h3-9,12-14,22H,10-11,15H2,1-2H3,(H2,27,29)(H,28,30). The van der Waals surface area contributed by atoms with Gasteiger partial charge in [0.15, 0.2) is 0 Å². The number of primary amides is 1. The molecule has 0 saturated carbocycles. The molecule has 1 atom stereocenters. The normalized spacial score (nSPS) is 14.8. The number of nitrogens with two attached hydrogens (primary N) is 1. The maximum absolute atomic E-state index is 13.0. The van der Waals surface area contributed by atoms with Gasteiger partial charge in [0.05, 0.1) is 18.2 Å². The number of benzene rings is 3. The first-order chi connectivity index (χ1) is 15.4. The number of hydrogen-bond acceptors (Lipinski definition) is 4. The zero-order valence-electron chi connectivity index (χ0n) is 18.2. The van der Waals surface area contributed by atoms with Gasteiger partial charge < -0.3 is 20.5 Å². The lowest BCUT2D eigenvalue weighted by atomic mass is 9.95. The van der Waals surface area contributed by atoms with Gasteiger partial charge in [-0.3, -0.25) is 9.59 Å². The van der Waals surface area contributed by atoms with Gasteiger partial charge in [-0.15, -0.1) is 0 Å². The number of hydrogen-bond donors (Lipinski definition) is 2. The SMILES string of the molecule is Cc1cc(C)c2c(c1)C(NC(=O)c1cccc(COc3ccccc3C(N)=O)c1)CCO2. The molecule has 4 rings (SSSR count). The first-order valence-electron chi connectivity index (χ1n) is 10.6. The van der Waals surface area contributed by atoms with Crippen LogP contribution in [0.15, 0.2) is 60.7 Å². The van der Waals surface area contributed by atoms with Crippen LogP contribution in [0.1, 0.15) is 55.4 Å². The van der Waals surface area contributed by atoms with E-state index in [0.29, 0.717) is 29.9 Å². The Bertz CT molecular complexity index is 1170. The van der Waals surface area contributed by atoms with Crippen molar-refractivity contribution < 1.29 is 19.1 Å². The summed E-state index contributed by atoms with van der Waals surface area (Å²) in [4.78, 5) is 24.6. The Labute approximate surface area is 187 Å². The fourth-order valence-corrected chi connectivity index (χ4v) is 4.03. The summed E-state index contributed by atoms with van der Waals surface area (Å²) in [6.45, 7) is 4.84. The van der Waals surface area contributed by atoms with Crippen molar-refractivity contribution in [2.24, 2.45) is 5.73 Å². The van der Waals surface area contributed by atoms with Crippen LogP contribution in [-0.2, 0) is 6.61 Å². The fraction of sp³-hybridized carbons (Fsp3) is 0.231. The Morgan fingerprint density at radius 1 is 1.09 bits per heavy atom. The summed E-state index contributed by atoms with van der Waals surface area (Å²) in [5, 5.41) is 3.15. The molecule has 32 heavy (non-hydrogen) atoms. The number of aryl methyl sites for hydroxylation is 2. The number of ether oxygens (including phenoxy) is 2. The highest BCUT2D eigenvalue weighted by Gasteiger charge is 2.25. The molecule has 0 radical (unpaired) electrons. The van der Waals surface area contributed by atoms with Crippen LogP contribution in [0.3, 0.4) is 0 Å². The molecule has 1 aliphatic rings. The smallest absolute Gasteiger partial charge is 0.252 e. The van der Waals surface area contributed by atoms with Crippen LogP contribution in [0.2, 0.25) is 0 Å². The number of carbonyl (C=O) groups excluding carboxylic acids is 2. The third-order valence-electron chi connectivity index (χ3n) is 5.52. The zero-order chi connectivity index (χ0) is 22.7. The molecule has 0 bridgehead atoms. The van der Waals surface area contributed by atoms with Gasteiger partial charge in [0.1, 0.15) is 18.1 Å². The van der Waals surface area contributed by atoms with E-state index in [1.807, 2.05) is 26.0 Å². The molecule has 3 aromatic rings. The number of amides is 2. The first kappa shape index (κ1) is 21.4. The number of nitrogens with one attached hydrogen (secondary N) is 1. The highest BCUT2D eigenvalue weighted by Crippen LogP contribution is 2.35. The second-order valence-electron chi connectivity index (χ2n) is 8.01. The van der Waals surface area contributed by atoms with Gasteiger partial charge in [0, 0.05) is 17.5 Å². The number of carbonyl (C=O) groups is 2. The summed E-state index contributed by atoms with van der Waals surface area (Å²) in [5.41, 5.74) is 10.3. The van der Waals surface area contributed by atoms with Gasteiger partial charge in [-0.2, -0.15) is 0 Å². The van der Waals surface area contributed by atoms with E-state index in [-0.39, 0.29) is 18.6 Å². The Morgan fingerprint density at radius 3 is 2.72 bits per heavy atom. The second-order valence-corrected chi connectivity index (χ2v) is 8.01. The lowest BCUT2D eigenvalue weighted by Crippen LogP contribution is -2.32. The maximum Gasteiger partial charge on any atom is 0.252 e. The number of rotatable bonds is 6. The summed E-state index contributed by atoms with van der Waals surface area (Å²) in [6, 6.07) is 18.2. The predicted molar refractivity (Wildman–Crippen MR) is 122 cm³/mol. The quantitative estimate of drug-likeness (QED) is 0.612. The lowest BCUT2D eigenvalue weighted by molar-refractivity contribution is 0.0923. The van der Waals surface area contributed by atoms with Gasteiger partial charge >= 0.3 is 0 Å². The predicted octanol–water partition coefficient (Wildman–Crippen LogP) is 4.23. The van der Waals surface area contributed by atoms with E-state index in [0.717, 1.165) is 28.0 Å². The van der Waals surface area contributed by atoms with E-state index in [1.54, 1.807) is 36.4 Å². The van der Waals surface area contributed by atoms with E-state index in [9.17, 15) is 9.59 Å². The maximum atomic E-state index is 13.0. The van der Waals surface area contributed by atoms with Crippen molar-refractivity contribution in [2.45, 2.75) is 32.9 Å². The molecule has 3 aromatic carbocycles. The van der Waals surface area contributed by atoms with E-state index in [1.165, 1.54) is 0 Å². The van der Waals surface area contributed by atoms with Crippen molar-refractivity contribution in [2.75, 3.05) is 6.61 Å². The molecular weight excluding hydrogens is 404 g/mol. The third-order valence-corrected chi connectivity index (χ3v) is 5.52. The van der Waals surface area contributed by atoms with Gasteiger partial charge in [0.2, 0.25) is 0 Å². The van der Waals surface area contributed by atoms with Crippen LogP contribution >= 0.6 is 0 Å². The van der Waals surface area contributed by atoms with Crippen LogP contribution in [0.5, 0.6) is 11.5 Å². The molecule has 6 nitrogen and oxygen atoms in total. The van der Waals surface area contributed by atoms with E-state index >= 15 is 0 Å². The Balaban J connectivity index is 1.48. The summed E-state index contributed by atoms with van der Waals surface area (Å²) in [6.07, 6.45) is 0.717. The molecule has 0 aromatic heterocycles. The van der Waals surface area contributed by atoms with Crippen molar-refractivity contribution in [3.63, 3.8) is 0 Å². The highest BCUT2D eigenvalue weighted by molar-refractivity contribution is 5.95. The molecule has 164 valence electrons. The summed E-state index contributed by atoms with van der Waals surface area (Å²) < 4.78 is 11.6. The molecule has 0 spiro atoms. The van der Waals surface area contributed by atoms with Crippen molar-refractivity contribution in [3.8, 4) is 11.5 Å². The van der Waals surface area contributed by atoms with Crippen LogP contribution in [0.4, 0.5) is 0 Å². The van der Waals surface area contributed by atoms with Crippen LogP contribution in [0, 0.1) is 13.8 Å². The minimum Gasteiger partial charge on any atom is -0.493 e. The van der Waals surface area contributed by atoms with Crippen molar-refractivity contribution in [1.29, 1.82) is 0 Å². The minimum absolute atomic E-state index is 0.104. The second kappa shape index (κ2) is 9.14. The Kier molecular flexibility index (Phi) is 6.12. The number of para-hydroxylation sites is 1. The average Bonchev–Trinajstić information content (AvgIpc) is 2.78. The Hall–Kier alpha value is -3.80. The zero-order valence-corrected chi connectivity index (χ0v) is 18.2. The number of fused-ring (bicyclic) bond motifs is 1.